The molecule has 0 fully saturated rings. The Morgan fingerprint density at radius 2 is 1.72 bits per heavy atom. The maximum Gasteiger partial charge on any atom is 0.422 e. The number of ether oxygens (including phenoxy) is 1. The first-order valence-corrected chi connectivity index (χ1v) is 8.70. The number of alkyl halides is 3. The maximum absolute atomic E-state index is 12.8. The molecule has 0 aliphatic rings. The number of rotatable bonds is 5. The van der Waals surface area contributed by atoms with Crippen molar-refractivity contribution < 1.29 is 22.7 Å². The summed E-state index contributed by atoms with van der Waals surface area (Å²) in [5.41, 5.74) is -0.374. The van der Waals surface area contributed by atoms with E-state index in [9.17, 15) is 22.8 Å². The average molecular weight is 423 g/mol. The molecule has 0 saturated carbocycles. The molecule has 0 saturated heterocycles. The molecule has 1 aromatic heterocycles. The van der Waals surface area contributed by atoms with Gasteiger partial charge in [0.15, 0.2) is 6.61 Å². The monoisotopic (exact) mass is 422 g/mol. The molecule has 0 radical (unpaired) electrons. The second-order valence-electron chi connectivity index (χ2n) is 5.93. The number of amides is 1. The zero-order valence-corrected chi connectivity index (χ0v) is 15.5. The van der Waals surface area contributed by atoms with Gasteiger partial charge in [-0.05, 0) is 48.5 Å². The zero-order chi connectivity index (χ0) is 21.0. The summed E-state index contributed by atoms with van der Waals surface area (Å²) >= 11 is 5.80. The number of hydrogen-bond acceptors (Lipinski definition) is 3. The second kappa shape index (κ2) is 8.40. The fourth-order valence-corrected chi connectivity index (χ4v) is 2.65. The molecule has 3 rings (SSSR count). The predicted octanol–water partition coefficient (Wildman–Crippen LogP) is 4.68. The number of hydrogen-bond donors (Lipinski definition) is 1. The molecule has 0 aliphatic heterocycles. The predicted molar refractivity (Wildman–Crippen MR) is 103 cm³/mol. The molecule has 29 heavy (non-hydrogen) atoms. The van der Waals surface area contributed by atoms with Crippen LogP contribution in [0.2, 0.25) is 5.02 Å². The number of benzene rings is 2. The first-order chi connectivity index (χ1) is 13.7. The standard InChI is InChI=1S/C20H14ClF3N2O3/c21-13-7-9-14(10-8-13)25-18(27)15-4-3-11-26(19(15)28)16-5-1-2-6-17(16)29-12-20(22,23)24/h1-11H,12H2,(H,25,27). The summed E-state index contributed by atoms with van der Waals surface area (Å²) in [5.74, 6) is -0.803. The maximum atomic E-state index is 12.8. The third-order valence-electron chi connectivity index (χ3n) is 3.81. The molecule has 0 unspecified atom stereocenters. The largest absolute Gasteiger partial charge is 0.482 e. The molecule has 1 heterocycles. The van der Waals surface area contributed by atoms with Crippen LogP contribution in [-0.2, 0) is 0 Å². The van der Waals surface area contributed by atoms with E-state index in [-0.39, 0.29) is 17.0 Å². The lowest BCUT2D eigenvalue weighted by Crippen LogP contribution is -2.28. The van der Waals surface area contributed by atoms with Crippen molar-refractivity contribution >= 4 is 23.2 Å². The Bertz CT molecular complexity index is 1080. The Hall–Kier alpha value is -3.26. The first kappa shape index (κ1) is 20.5. The summed E-state index contributed by atoms with van der Waals surface area (Å²) in [6.45, 7) is -1.50. The lowest BCUT2D eigenvalue weighted by atomic mass is 10.2. The van der Waals surface area contributed by atoms with Gasteiger partial charge in [0.1, 0.15) is 11.3 Å². The van der Waals surface area contributed by atoms with E-state index < -0.39 is 24.2 Å². The van der Waals surface area contributed by atoms with Crippen molar-refractivity contribution in [3.63, 3.8) is 0 Å². The Labute approximate surface area is 168 Å². The molecular formula is C20H14ClF3N2O3. The van der Waals surface area contributed by atoms with Crippen LogP contribution in [0.1, 0.15) is 10.4 Å². The van der Waals surface area contributed by atoms with Gasteiger partial charge in [0.2, 0.25) is 0 Å². The number of anilines is 1. The number of pyridine rings is 1. The van der Waals surface area contributed by atoms with Gasteiger partial charge >= 0.3 is 6.18 Å². The van der Waals surface area contributed by atoms with Gasteiger partial charge in [-0.2, -0.15) is 13.2 Å². The lowest BCUT2D eigenvalue weighted by Gasteiger charge is -2.15. The van der Waals surface area contributed by atoms with Gasteiger partial charge in [0.25, 0.3) is 11.5 Å². The van der Waals surface area contributed by atoms with Crippen LogP contribution in [0, 0.1) is 0 Å². The van der Waals surface area contributed by atoms with E-state index in [2.05, 4.69) is 5.32 Å². The molecule has 1 N–H and O–H groups in total. The van der Waals surface area contributed by atoms with Crippen LogP contribution in [0.3, 0.4) is 0 Å². The average Bonchev–Trinajstić information content (AvgIpc) is 2.68. The van der Waals surface area contributed by atoms with Crippen LogP contribution in [0.25, 0.3) is 5.69 Å². The SMILES string of the molecule is O=C(Nc1ccc(Cl)cc1)c1cccn(-c2ccccc2OCC(F)(F)F)c1=O. The van der Waals surface area contributed by atoms with Gasteiger partial charge in [0, 0.05) is 16.9 Å². The van der Waals surface area contributed by atoms with Gasteiger partial charge < -0.3 is 10.1 Å². The van der Waals surface area contributed by atoms with Crippen LogP contribution < -0.4 is 15.6 Å². The molecule has 3 aromatic rings. The van der Waals surface area contributed by atoms with Gasteiger partial charge in [0.05, 0.1) is 5.69 Å². The Balaban J connectivity index is 1.92. The highest BCUT2D eigenvalue weighted by Crippen LogP contribution is 2.24. The first-order valence-electron chi connectivity index (χ1n) is 8.32. The van der Waals surface area contributed by atoms with E-state index in [1.54, 1.807) is 30.3 Å². The number of aromatic nitrogens is 1. The van der Waals surface area contributed by atoms with Crippen molar-refractivity contribution in [3.8, 4) is 11.4 Å². The zero-order valence-electron chi connectivity index (χ0n) is 14.7. The molecule has 150 valence electrons. The van der Waals surface area contributed by atoms with Crippen molar-refractivity contribution in [1.29, 1.82) is 0 Å². The van der Waals surface area contributed by atoms with E-state index in [1.165, 1.54) is 36.5 Å². The van der Waals surface area contributed by atoms with E-state index in [0.717, 1.165) is 4.57 Å². The van der Waals surface area contributed by atoms with E-state index in [0.29, 0.717) is 10.7 Å². The number of carbonyl (C=O) groups excluding carboxylic acids is 1. The van der Waals surface area contributed by atoms with Crippen molar-refractivity contribution in [2.24, 2.45) is 0 Å². The number of nitrogens with one attached hydrogen (secondary N) is 1. The molecule has 0 bridgehead atoms. The molecule has 0 spiro atoms. The second-order valence-corrected chi connectivity index (χ2v) is 6.37. The summed E-state index contributed by atoms with van der Waals surface area (Å²) in [6, 6.07) is 14.8. The minimum atomic E-state index is -4.53. The van der Waals surface area contributed by atoms with Crippen LogP contribution in [-0.4, -0.2) is 23.3 Å². The van der Waals surface area contributed by atoms with Crippen LogP contribution in [0.4, 0.5) is 18.9 Å². The third kappa shape index (κ3) is 5.17. The summed E-state index contributed by atoms with van der Waals surface area (Å²) < 4.78 is 43.4. The van der Waals surface area contributed by atoms with Crippen LogP contribution >= 0.6 is 11.6 Å². The summed E-state index contributed by atoms with van der Waals surface area (Å²) in [4.78, 5) is 25.3. The summed E-state index contributed by atoms with van der Waals surface area (Å²) in [7, 11) is 0. The van der Waals surface area contributed by atoms with E-state index in [1.807, 2.05) is 0 Å². The summed E-state index contributed by atoms with van der Waals surface area (Å²) in [6.07, 6.45) is -3.18. The highest BCUT2D eigenvalue weighted by atomic mass is 35.5. The van der Waals surface area contributed by atoms with Crippen molar-refractivity contribution in [3.05, 3.63) is 87.8 Å². The fourth-order valence-electron chi connectivity index (χ4n) is 2.53. The number of halogens is 4. The highest BCUT2D eigenvalue weighted by Gasteiger charge is 2.29. The van der Waals surface area contributed by atoms with Gasteiger partial charge in [-0.3, -0.25) is 14.2 Å². The molecule has 9 heteroatoms. The van der Waals surface area contributed by atoms with E-state index in [4.69, 9.17) is 16.3 Å². The minimum absolute atomic E-state index is 0.0860. The molecule has 1 amide bonds. The quantitative estimate of drug-likeness (QED) is 0.649. The topological polar surface area (TPSA) is 60.3 Å². The molecule has 5 nitrogen and oxygen atoms in total. The number of para-hydroxylation sites is 2. The normalized spacial score (nSPS) is 11.2. The summed E-state index contributed by atoms with van der Waals surface area (Å²) in [5, 5.41) is 3.06. The van der Waals surface area contributed by atoms with Gasteiger partial charge in [-0.25, -0.2) is 0 Å². The number of nitrogens with zero attached hydrogens (tertiary/aromatic N) is 1. The molecule has 0 atom stereocenters. The molecule has 2 aromatic carbocycles. The van der Waals surface area contributed by atoms with Crippen LogP contribution in [0.5, 0.6) is 5.75 Å². The van der Waals surface area contributed by atoms with Crippen molar-refractivity contribution in [1.82, 2.24) is 4.57 Å². The minimum Gasteiger partial charge on any atom is -0.482 e. The Kier molecular flexibility index (Phi) is 5.93. The third-order valence-corrected chi connectivity index (χ3v) is 4.06. The van der Waals surface area contributed by atoms with Crippen LogP contribution in [0.15, 0.2) is 71.7 Å². The lowest BCUT2D eigenvalue weighted by molar-refractivity contribution is -0.153. The smallest absolute Gasteiger partial charge is 0.422 e. The highest BCUT2D eigenvalue weighted by molar-refractivity contribution is 6.30. The van der Waals surface area contributed by atoms with Crippen molar-refractivity contribution in [2.75, 3.05) is 11.9 Å². The van der Waals surface area contributed by atoms with Gasteiger partial charge in [-0.1, -0.05) is 23.7 Å². The van der Waals surface area contributed by atoms with Gasteiger partial charge in [-0.15, -0.1) is 0 Å². The van der Waals surface area contributed by atoms with Crippen molar-refractivity contribution in [2.45, 2.75) is 6.18 Å². The molecular weight excluding hydrogens is 409 g/mol. The van der Waals surface area contributed by atoms with E-state index >= 15 is 0 Å². The Morgan fingerprint density at radius 1 is 1.03 bits per heavy atom. The molecule has 0 aliphatic carbocycles. The number of carbonyl (C=O) groups is 1. The Morgan fingerprint density at radius 3 is 2.41 bits per heavy atom. The fraction of sp³-hybridized carbons (Fsp3) is 0.100.